The van der Waals surface area contributed by atoms with Crippen LogP contribution in [0.4, 0.5) is 0 Å². The summed E-state index contributed by atoms with van der Waals surface area (Å²) in [5.74, 6) is 2.70. The van der Waals surface area contributed by atoms with E-state index in [0.717, 1.165) is 23.8 Å². The Morgan fingerprint density at radius 1 is 1.05 bits per heavy atom. The first-order valence-electron chi connectivity index (χ1n) is 7.96. The zero-order valence-electron chi connectivity index (χ0n) is 13.2. The van der Waals surface area contributed by atoms with Crippen molar-refractivity contribution in [3.8, 4) is 11.5 Å². The molecule has 1 aliphatic rings. The van der Waals surface area contributed by atoms with Crippen LogP contribution >= 0.6 is 0 Å². The van der Waals surface area contributed by atoms with Crippen molar-refractivity contribution in [2.75, 3.05) is 14.2 Å². The fourth-order valence-electron chi connectivity index (χ4n) is 3.44. The van der Waals surface area contributed by atoms with Crippen LogP contribution in [0.25, 0.3) is 0 Å². The Balaban J connectivity index is 1.90. The van der Waals surface area contributed by atoms with E-state index in [1.54, 1.807) is 14.2 Å². The van der Waals surface area contributed by atoms with Gasteiger partial charge in [-0.05, 0) is 42.9 Å². The number of hydrogen-bond donors (Lipinski definition) is 0. The van der Waals surface area contributed by atoms with E-state index in [-0.39, 0.29) is 0 Å². The van der Waals surface area contributed by atoms with Crippen molar-refractivity contribution in [1.29, 1.82) is 0 Å². The SMILES string of the molecule is COc1cc(CCCC2CCCCC2)cc(C)c1OC. The van der Waals surface area contributed by atoms with Gasteiger partial charge in [-0.25, -0.2) is 0 Å². The van der Waals surface area contributed by atoms with Crippen LogP contribution in [0.3, 0.4) is 0 Å². The second kappa shape index (κ2) is 7.56. The molecule has 0 N–H and O–H groups in total. The molecule has 112 valence electrons. The monoisotopic (exact) mass is 276 g/mol. The maximum absolute atomic E-state index is 5.43. The minimum absolute atomic E-state index is 0.861. The molecular formula is C18H28O2. The fraction of sp³-hybridized carbons (Fsp3) is 0.667. The first-order valence-corrected chi connectivity index (χ1v) is 7.96. The summed E-state index contributed by atoms with van der Waals surface area (Å²) in [6, 6.07) is 4.37. The molecule has 0 unspecified atom stereocenters. The molecule has 2 rings (SSSR count). The molecule has 2 nitrogen and oxygen atoms in total. The van der Waals surface area contributed by atoms with Crippen LogP contribution in [-0.2, 0) is 6.42 Å². The van der Waals surface area contributed by atoms with Gasteiger partial charge in [0, 0.05) is 0 Å². The van der Waals surface area contributed by atoms with E-state index in [9.17, 15) is 0 Å². The maximum atomic E-state index is 5.43. The molecule has 0 radical (unpaired) electrons. The highest BCUT2D eigenvalue weighted by Gasteiger charge is 2.13. The van der Waals surface area contributed by atoms with Gasteiger partial charge in [0.05, 0.1) is 14.2 Å². The van der Waals surface area contributed by atoms with E-state index in [4.69, 9.17) is 9.47 Å². The van der Waals surface area contributed by atoms with E-state index in [1.165, 1.54) is 56.1 Å². The molecule has 0 spiro atoms. The number of benzene rings is 1. The third kappa shape index (κ3) is 3.91. The lowest BCUT2D eigenvalue weighted by molar-refractivity contribution is 0.332. The van der Waals surface area contributed by atoms with Crippen molar-refractivity contribution in [3.63, 3.8) is 0 Å². The van der Waals surface area contributed by atoms with Gasteiger partial charge in [-0.2, -0.15) is 0 Å². The van der Waals surface area contributed by atoms with E-state index >= 15 is 0 Å². The summed E-state index contributed by atoms with van der Waals surface area (Å²) in [5, 5.41) is 0. The molecule has 0 heterocycles. The summed E-state index contributed by atoms with van der Waals surface area (Å²) < 4.78 is 10.8. The van der Waals surface area contributed by atoms with Crippen molar-refractivity contribution < 1.29 is 9.47 Å². The Morgan fingerprint density at radius 2 is 1.80 bits per heavy atom. The van der Waals surface area contributed by atoms with Crippen molar-refractivity contribution in [3.05, 3.63) is 23.3 Å². The average Bonchev–Trinajstić information content (AvgIpc) is 2.47. The molecule has 2 heteroatoms. The van der Waals surface area contributed by atoms with Gasteiger partial charge in [0.15, 0.2) is 11.5 Å². The Morgan fingerprint density at radius 3 is 2.45 bits per heavy atom. The highest BCUT2D eigenvalue weighted by molar-refractivity contribution is 5.48. The summed E-state index contributed by atoms with van der Waals surface area (Å²) in [6.07, 6.45) is 11.1. The van der Waals surface area contributed by atoms with E-state index in [0.29, 0.717) is 0 Å². The van der Waals surface area contributed by atoms with Crippen molar-refractivity contribution in [1.82, 2.24) is 0 Å². The van der Waals surface area contributed by atoms with E-state index < -0.39 is 0 Å². The molecule has 0 amide bonds. The fourth-order valence-corrected chi connectivity index (χ4v) is 3.44. The molecule has 1 fully saturated rings. The molecule has 0 aliphatic heterocycles. The van der Waals surface area contributed by atoms with Crippen LogP contribution in [0.5, 0.6) is 11.5 Å². The third-order valence-corrected chi connectivity index (χ3v) is 4.53. The molecule has 0 atom stereocenters. The number of ether oxygens (including phenoxy) is 2. The Labute approximate surface area is 123 Å². The van der Waals surface area contributed by atoms with E-state index in [2.05, 4.69) is 19.1 Å². The smallest absolute Gasteiger partial charge is 0.163 e. The minimum atomic E-state index is 0.861. The third-order valence-electron chi connectivity index (χ3n) is 4.53. The summed E-state index contributed by atoms with van der Waals surface area (Å²) >= 11 is 0. The Hall–Kier alpha value is -1.18. The Bertz CT molecular complexity index is 420. The lowest BCUT2D eigenvalue weighted by Crippen LogP contribution is -2.06. The molecule has 1 saturated carbocycles. The molecule has 0 saturated heterocycles. The van der Waals surface area contributed by atoms with Crippen LogP contribution in [0.15, 0.2) is 12.1 Å². The standard InChI is InChI=1S/C18H28O2/c1-14-12-16(13-17(19-2)18(14)20-3)11-7-10-15-8-5-4-6-9-15/h12-13,15H,4-11H2,1-3H3. The lowest BCUT2D eigenvalue weighted by Gasteiger charge is -2.21. The second-order valence-corrected chi connectivity index (χ2v) is 6.04. The normalized spacial score (nSPS) is 16.1. The van der Waals surface area contributed by atoms with Gasteiger partial charge < -0.3 is 9.47 Å². The first kappa shape index (κ1) is 15.2. The molecule has 1 aliphatic carbocycles. The zero-order valence-corrected chi connectivity index (χ0v) is 13.2. The van der Waals surface area contributed by atoms with Crippen molar-refractivity contribution in [2.24, 2.45) is 5.92 Å². The van der Waals surface area contributed by atoms with Gasteiger partial charge in [0.1, 0.15) is 0 Å². The van der Waals surface area contributed by atoms with Crippen LogP contribution < -0.4 is 9.47 Å². The van der Waals surface area contributed by atoms with Crippen LogP contribution in [0.1, 0.15) is 56.1 Å². The number of aryl methyl sites for hydroxylation is 2. The van der Waals surface area contributed by atoms with Crippen LogP contribution in [0.2, 0.25) is 0 Å². The number of methoxy groups -OCH3 is 2. The van der Waals surface area contributed by atoms with Crippen LogP contribution in [-0.4, -0.2) is 14.2 Å². The van der Waals surface area contributed by atoms with Gasteiger partial charge in [0.25, 0.3) is 0 Å². The predicted octanol–water partition coefficient (Wildman–Crippen LogP) is 4.92. The van der Waals surface area contributed by atoms with Gasteiger partial charge in [-0.1, -0.05) is 44.6 Å². The van der Waals surface area contributed by atoms with Crippen LogP contribution in [0, 0.1) is 12.8 Å². The molecule has 1 aromatic rings. The second-order valence-electron chi connectivity index (χ2n) is 6.04. The van der Waals surface area contributed by atoms with Crippen molar-refractivity contribution >= 4 is 0 Å². The van der Waals surface area contributed by atoms with Crippen molar-refractivity contribution in [2.45, 2.75) is 58.3 Å². The molecule has 0 aromatic heterocycles. The topological polar surface area (TPSA) is 18.5 Å². The highest BCUT2D eigenvalue weighted by atomic mass is 16.5. The van der Waals surface area contributed by atoms with Gasteiger partial charge in [0.2, 0.25) is 0 Å². The number of hydrogen-bond acceptors (Lipinski definition) is 2. The molecule has 0 bridgehead atoms. The van der Waals surface area contributed by atoms with Gasteiger partial charge >= 0.3 is 0 Å². The molecule has 20 heavy (non-hydrogen) atoms. The quantitative estimate of drug-likeness (QED) is 0.734. The van der Waals surface area contributed by atoms with E-state index in [1.807, 2.05) is 0 Å². The molecule has 1 aromatic carbocycles. The average molecular weight is 276 g/mol. The Kier molecular flexibility index (Phi) is 5.75. The minimum Gasteiger partial charge on any atom is -0.493 e. The highest BCUT2D eigenvalue weighted by Crippen LogP contribution is 2.33. The summed E-state index contributed by atoms with van der Waals surface area (Å²) in [6.45, 7) is 2.09. The van der Waals surface area contributed by atoms with Gasteiger partial charge in [-0.3, -0.25) is 0 Å². The lowest BCUT2D eigenvalue weighted by atomic mass is 9.85. The summed E-state index contributed by atoms with van der Waals surface area (Å²) in [7, 11) is 3.41. The molecular weight excluding hydrogens is 248 g/mol. The largest absolute Gasteiger partial charge is 0.493 e. The summed E-state index contributed by atoms with van der Waals surface area (Å²) in [4.78, 5) is 0. The maximum Gasteiger partial charge on any atom is 0.163 e. The summed E-state index contributed by atoms with van der Waals surface area (Å²) in [5.41, 5.74) is 2.54. The zero-order chi connectivity index (χ0) is 14.4. The predicted molar refractivity (Wildman–Crippen MR) is 83.8 cm³/mol. The first-order chi connectivity index (χ1) is 9.74. The number of rotatable bonds is 6. The van der Waals surface area contributed by atoms with Gasteiger partial charge in [-0.15, -0.1) is 0 Å².